The SMILES string of the molecule is C=C/C=C(C/C(=C/C)N1CCN(C2CN(C3=CC(CC4CCC(=O)NC4=O)CN=C3)C2)CC1)\C(F)=C/CNc1cc2c(cn1)CCN(C1=CCCC(OCCOCC)=C1C)C2. The van der Waals surface area contributed by atoms with Crippen LogP contribution < -0.4 is 10.6 Å². The number of likely N-dealkylation sites (tertiary alicyclic amines) is 1. The maximum atomic E-state index is 15.9. The van der Waals surface area contributed by atoms with Gasteiger partial charge in [0, 0.05) is 133 Å². The first kappa shape index (κ1) is 44.1. The van der Waals surface area contributed by atoms with Crippen molar-refractivity contribution in [3.63, 3.8) is 0 Å². The molecule has 6 heterocycles. The molecule has 12 nitrogen and oxygen atoms in total. The van der Waals surface area contributed by atoms with E-state index in [0.29, 0.717) is 63.8 Å². The number of nitrogens with one attached hydrogen (secondary N) is 2. The summed E-state index contributed by atoms with van der Waals surface area (Å²) in [6.45, 7) is 20.3. The number of hydrogen-bond donors (Lipinski definition) is 2. The number of nitrogens with zero attached hydrogens (tertiary/aromatic N) is 6. The summed E-state index contributed by atoms with van der Waals surface area (Å²) in [6, 6.07) is 2.59. The first-order valence-electron chi connectivity index (χ1n) is 22.4. The number of rotatable bonds is 18. The Kier molecular flexibility index (Phi) is 15.3. The molecule has 0 saturated carbocycles. The lowest BCUT2D eigenvalue weighted by molar-refractivity contribution is -0.136. The number of allylic oxidation sites excluding steroid dienone is 9. The van der Waals surface area contributed by atoms with E-state index in [1.807, 2.05) is 26.3 Å². The van der Waals surface area contributed by atoms with E-state index < -0.39 is 0 Å². The summed E-state index contributed by atoms with van der Waals surface area (Å²) in [5.41, 5.74) is 7.82. The summed E-state index contributed by atoms with van der Waals surface area (Å²) in [5, 5.41) is 5.83. The largest absolute Gasteiger partial charge is 0.495 e. The van der Waals surface area contributed by atoms with Crippen molar-refractivity contribution in [2.45, 2.75) is 78.3 Å². The van der Waals surface area contributed by atoms with Gasteiger partial charge in [0.1, 0.15) is 24.0 Å². The normalized spacial score (nSPS) is 23.3. The molecular formula is C48H65FN8O4. The van der Waals surface area contributed by atoms with Crippen LogP contribution in [0.4, 0.5) is 10.2 Å². The Bertz CT molecular complexity index is 1990. The Hall–Kier alpha value is -5.01. The van der Waals surface area contributed by atoms with Gasteiger partial charge in [-0.1, -0.05) is 37.0 Å². The second-order valence-corrected chi connectivity index (χ2v) is 16.9. The van der Waals surface area contributed by atoms with Crippen molar-refractivity contribution in [3.8, 4) is 0 Å². The van der Waals surface area contributed by atoms with Gasteiger partial charge in [-0.05, 0) is 81.2 Å². The van der Waals surface area contributed by atoms with Gasteiger partial charge in [-0.15, -0.1) is 0 Å². The first-order valence-corrected chi connectivity index (χ1v) is 22.4. The van der Waals surface area contributed by atoms with Crippen LogP contribution >= 0.6 is 0 Å². The van der Waals surface area contributed by atoms with Gasteiger partial charge in [0.2, 0.25) is 11.8 Å². The number of hydrogen-bond acceptors (Lipinski definition) is 11. The number of dihydropyridines is 1. The van der Waals surface area contributed by atoms with Crippen LogP contribution in [0.15, 0.2) is 100 Å². The Morgan fingerprint density at radius 2 is 1.92 bits per heavy atom. The molecule has 2 atom stereocenters. The average molecular weight is 837 g/mol. The summed E-state index contributed by atoms with van der Waals surface area (Å²) in [4.78, 5) is 43.0. The van der Waals surface area contributed by atoms with Crippen LogP contribution in [0.3, 0.4) is 0 Å². The monoisotopic (exact) mass is 837 g/mol. The van der Waals surface area contributed by atoms with E-state index in [0.717, 1.165) is 101 Å². The molecule has 2 unspecified atom stereocenters. The van der Waals surface area contributed by atoms with Crippen LogP contribution in [0.1, 0.15) is 70.4 Å². The number of ether oxygens (including phenoxy) is 2. The minimum Gasteiger partial charge on any atom is -0.495 e. The number of amides is 2. The van der Waals surface area contributed by atoms with Crippen molar-refractivity contribution in [3.05, 3.63) is 106 Å². The highest BCUT2D eigenvalue weighted by Gasteiger charge is 2.36. The summed E-state index contributed by atoms with van der Waals surface area (Å²) in [7, 11) is 0. The number of fused-ring (bicyclic) bond motifs is 1. The molecule has 328 valence electrons. The topological polar surface area (TPSA) is 115 Å². The predicted octanol–water partition coefficient (Wildman–Crippen LogP) is 6.45. The third kappa shape index (κ3) is 11.3. The molecule has 6 aliphatic rings. The maximum absolute atomic E-state index is 15.9. The van der Waals surface area contributed by atoms with Gasteiger partial charge in [-0.3, -0.25) is 24.8 Å². The van der Waals surface area contributed by atoms with Crippen LogP contribution in [0.5, 0.6) is 0 Å². The molecule has 0 aromatic carbocycles. The number of halogens is 1. The molecule has 7 rings (SSSR count). The lowest BCUT2D eigenvalue weighted by atomic mass is 9.86. The number of anilines is 1. The molecule has 1 aliphatic carbocycles. The average Bonchev–Trinajstić information content (AvgIpc) is 3.25. The van der Waals surface area contributed by atoms with Crippen molar-refractivity contribution < 1.29 is 23.5 Å². The fourth-order valence-electron chi connectivity index (χ4n) is 9.36. The van der Waals surface area contributed by atoms with E-state index in [1.54, 1.807) is 18.2 Å². The standard InChI is InChI=1S/C48H65FN8O4/c1-5-9-36(43(49)14-16-51-46-27-39-31-56(17-15-38(39)29-52-46)44-10-8-11-45(34(44)4)61-23-22-60-7-3)26-40(6-2)54-18-20-55(21-19-54)42-32-57(33-42)41-25-35(28-50-30-41)24-37-12-13-47(58)53-48(37)59/h5-6,9-10,14,25,27,29-30,35,37,42H,1,7-8,11-13,15-24,26,28,31-33H2,2-4H3,(H,51,52)(H,53,58,59)/b36-9-,40-6-,43-14+. The van der Waals surface area contributed by atoms with Crippen LogP contribution in [0.2, 0.25) is 0 Å². The second kappa shape index (κ2) is 21.2. The van der Waals surface area contributed by atoms with Gasteiger partial charge in [0.05, 0.1) is 12.3 Å². The number of piperazine rings is 1. The van der Waals surface area contributed by atoms with E-state index in [2.05, 4.69) is 78.0 Å². The minimum atomic E-state index is -0.255. The van der Waals surface area contributed by atoms with Crippen LogP contribution in [-0.2, 0) is 32.0 Å². The van der Waals surface area contributed by atoms with Crippen LogP contribution in [-0.4, -0.2) is 127 Å². The highest BCUT2D eigenvalue weighted by Crippen LogP contribution is 2.33. The fourth-order valence-corrected chi connectivity index (χ4v) is 9.36. The van der Waals surface area contributed by atoms with E-state index in [9.17, 15) is 9.59 Å². The molecule has 0 radical (unpaired) electrons. The third-order valence-corrected chi connectivity index (χ3v) is 12.9. The molecule has 13 heteroatoms. The van der Waals surface area contributed by atoms with Crippen molar-refractivity contribution in [2.75, 3.05) is 84.0 Å². The van der Waals surface area contributed by atoms with Crippen LogP contribution in [0, 0.1) is 11.8 Å². The Labute approximate surface area is 361 Å². The summed E-state index contributed by atoms with van der Waals surface area (Å²) < 4.78 is 27.5. The lowest BCUT2D eigenvalue weighted by Gasteiger charge is -2.50. The molecule has 3 fully saturated rings. The summed E-state index contributed by atoms with van der Waals surface area (Å²) >= 11 is 0. The molecule has 5 aliphatic heterocycles. The minimum absolute atomic E-state index is 0.125. The summed E-state index contributed by atoms with van der Waals surface area (Å²) in [5.74, 6) is 1.31. The molecular weight excluding hydrogens is 772 g/mol. The number of piperidine rings is 1. The Morgan fingerprint density at radius 3 is 2.69 bits per heavy atom. The van der Waals surface area contributed by atoms with E-state index in [-0.39, 0.29) is 29.5 Å². The smallest absolute Gasteiger partial charge is 0.229 e. The highest BCUT2D eigenvalue weighted by molar-refractivity contribution is 5.98. The van der Waals surface area contributed by atoms with Gasteiger partial charge in [-0.2, -0.15) is 0 Å². The fraction of sp³-hybridized carbons (Fsp3) is 0.542. The molecule has 0 spiro atoms. The van der Waals surface area contributed by atoms with Crippen molar-refractivity contribution in [1.29, 1.82) is 0 Å². The highest BCUT2D eigenvalue weighted by atomic mass is 19.1. The van der Waals surface area contributed by atoms with E-state index in [1.165, 1.54) is 22.4 Å². The molecule has 61 heavy (non-hydrogen) atoms. The van der Waals surface area contributed by atoms with Gasteiger partial charge < -0.3 is 29.5 Å². The number of carbonyl (C=O) groups excluding carboxylic acids is 2. The molecule has 0 bridgehead atoms. The predicted molar refractivity (Wildman–Crippen MR) is 239 cm³/mol. The van der Waals surface area contributed by atoms with E-state index >= 15 is 4.39 Å². The Morgan fingerprint density at radius 1 is 1.08 bits per heavy atom. The maximum Gasteiger partial charge on any atom is 0.229 e. The van der Waals surface area contributed by atoms with Crippen molar-refractivity contribution in [2.24, 2.45) is 16.8 Å². The molecule has 2 N–H and O–H groups in total. The number of pyridine rings is 1. The van der Waals surface area contributed by atoms with Gasteiger partial charge in [0.25, 0.3) is 0 Å². The number of aromatic nitrogens is 1. The number of aliphatic imine (C=N–C) groups is 1. The molecule has 2 amide bonds. The van der Waals surface area contributed by atoms with Gasteiger partial charge >= 0.3 is 0 Å². The van der Waals surface area contributed by atoms with E-state index in [4.69, 9.17) is 9.47 Å². The Balaban J connectivity index is 0.862. The van der Waals surface area contributed by atoms with Crippen molar-refractivity contribution in [1.82, 2.24) is 29.9 Å². The molecule has 1 aromatic rings. The number of carbonyl (C=O) groups is 2. The zero-order chi connectivity index (χ0) is 42.7. The summed E-state index contributed by atoms with van der Waals surface area (Å²) in [6.07, 6.45) is 20.8. The molecule has 3 saturated heterocycles. The third-order valence-electron chi connectivity index (χ3n) is 12.9. The zero-order valence-corrected chi connectivity index (χ0v) is 36.5. The quantitative estimate of drug-likeness (QED) is 0.0973. The van der Waals surface area contributed by atoms with Gasteiger partial charge in [-0.25, -0.2) is 9.37 Å². The first-order chi connectivity index (χ1) is 29.7. The number of imide groups is 1. The zero-order valence-electron chi connectivity index (χ0n) is 36.5. The van der Waals surface area contributed by atoms with Crippen molar-refractivity contribution >= 4 is 23.8 Å². The second-order valence-electron chi connectivity index (χ2n) is 16.9. The lowest BCUT2D eigenvalue weighted by Crippen LogP contribution is -2.62. The van der Waals surface area contributed by atoms with Crippen LogP contribution in [0.25, 0.3) is 0 Å². The molecule has 1 aromatic heterocycles. The van der Waals surface area contributed by atoms with Gasteiger partial charge in [0.15, 0.2) is 0 Å².